The number of carbonyl (C=O) groups is 21. The van der Waals surface area contributed by atoms with Gasteiger partial charge < -0.3 is 149 Å². The van der Waals surface area contributed by atoms with Crippen LogP contribution < -0.4 is 21.3 Å². The number of amides is 4. The minimum atomic E-state index is -2.11. The average molecular weight is 1960 g/mol. The molecule has 5 saturated heterocycles. The maximum absolute atomic E-state index is 14.0. The molecule has 52 heteroatoms. The number of hydrogen-bond donors (Lipinski definition) is 4. The Balaban J connectivity index is 0.000000594. The van der Waals surface area contributed by atoms with Crippen LogP contribution in [0.2, 0.25) is 0 Å². The minimum Gasteiger partial charge on any atom is -0.463 e. The van der Waals surface area contributed by atoms with Gasteiger partial charge in [0.25, 0.3) is 0 Å². The van der Waals surface area contributed by atoms with Crippen LogP contribution in [-0.4, -0.2) is 335 Å². The number of rotatable bonds is 38. The van der Waals surface area contributed by atoms with E-state index < -0.39 is 335 Å². The van der Waals surface area contributed by atoms with Crippen molar-refractivity contribution in [1.29, 1.82) is 0 Å². The lowest BCUT2D eigenvalue weighted by molar-refractivity contribution is -0.374. The Bertz CT molecular complexity index is 4200. The number of carbonyl (C=O) groups excluding carboxylic acids is 21. The lowest BCUT2D eigenvalue weighted by atomic mass is 9.94. The third-order valence-electron chi connectivity index (χ3n) is 18.5. The number of nitrogens with one attached hydrogen (secondary N) is 4. The summed E-state index contributed by atoms with van der Waals surface area (Å²) in [6.45, 7) is 26.4. The highest BCUT2D eigenvalue weighted by atomic mass is 16.8. The van der Waals surface area contributed by atoms with E-state index in [2.05, 4.69) is 21.3 Å². The van der Waals surface area contributed by atoms with Crippen molar-refractivity contribution < 1.29 is 229 Å². The van der Waals surface area contributed by atoms with Crippen LogP contribution in [0.1, 0.15) is 199 Å². The molecule has 5 aliphatic heterocycles. The van der Waals surface area contributed by atoms with Crippen molar-refractivity contribution in [3.05, 3.63) is 0 Å². The second-order valence-electron chi connectivity index (χ2n) is 33.0. The van der Waals surface area contributed by atoms with E-state index in [0.29, 0.717) is 12.8 Å². The Labute approximate surface area is 781 Å². The minimum absolute atomic E-state index is 0.0407. The van der Waals surface area contributed by atoms with Crippen LogP contribution in [0.3, 0.4) is 0 Å². The Kier molecular flexibility index (Phi) is 46.4. The molecular weight excluding hydrogens is 1830 g/mol. The second kappa shape index (κ2) is 54.2. The molecule has 5 aliphatic rings. The van der Waals surface area contributed by atoms with Gasteiger partial charge in [0.2, 0.25) is 11.8 Å². The van der Waals surface area contributed by atoms with E-state index in [1.54, 1.807) is 55.4 Å². The first-order valence-electron chi connectivity index (χ1n) is 42.8. The summed E-state index contributed by atoms with van der Waals surface area (Å²) in [4.78, 5) is 266. The van der Waals surface area contributed by atoms with Gasteiger partial charge in [0, 0.05) is 118 Å². The van der Waals surface area contributed by atoms with E-state index in [0.717, 1.165) is 118 Å². The Morgan fingerprint density at radius 1 is 0.243 bits per heavy atom. The number of alkyl carbamates (subject to hydrolysis) is 2. The molecule has 27 unspecified atom stereocenters. The maximum Gasteiger partial charge on any atom is 0.408 e. The fraction of sp³-hybridized carbons (Fsp3) is 0.750. The Hall–Kier alpha value is -11.8. The standard InChI is InChI=1S/C48H70N2O28.C36H54N2O20/c1-15-16-30(49-47(62)78-48(12,13)14)43(61)50-44-40(70-27(9)58)37(67-24(6)55)35(31(73-44)17-63-20(2)51)76-46-42(72-29(11)60)39(69-26(8)57)36(33(75-46)19-65-22(4)53)77-45-41(71-28(10)59)38(68-25(7)56)34(66-23(5)54)32(74-45)18-64-21(3)52;1-12-13-23(37-35(47)58-36(9,10)11)32(46)38-33-30(53-21(7)44)28(51-19(5)42)27(24(55-33)14-48-16(2)39)57-34-31(54-22(8)45)29(52-20(6)43)26(50-18(4)41)25(56-34)15-49-17(3)40/h30-42,44-46H,15-19H2,1-14H3,(H,49,62)(H,50,61);23-31,33-34H,12-15H2,1-11H3,(H,37,47)(H,38,46). The average Bonchev–Trinajstić information content (AvgIpc) is 0.748. The van der Waals surface area contributed by atoms with Crippen molar-refractivity contribution in [2.45, 2.75) is 375 Å². The van der Waals surface area contributed by atoms with Gasteiger partial charge in [-0.3, -0.25) is 91.1 Å². The van der Waals surface area contributed by atoms with Gasteiger partial charge >= 0.3 is 114 Å². The highest BCUT2D eigenvalue weighted by Crippen LogP contribution is 2.41. The zero-order valence-electron chi connectivity index (χ0n) is 80.0. The van der Waals surface area contributed by atoms with Crippen LogP contribution in [0.15, 0.2) is 0 Å². The van der Waals surface area contributed by atoms with E-state index in [4.69, 9.17) is 128 Å². The highest BCUT2D eigenvalue weighted by Gasteiger charge is 2.63. The van der Waals surface area contributed by atoms with E-state index in [1.807, 2.05) is 0 Å². The van der Waals surface area contributed by atoms with Gasteiger partial charge in [-0.05, 0) is 54.4 Å². The van der Waals surface area contributed by atoms with Gasteiger partial charge in [-0.15, -0.1) is 0 Å². The zero-order chi connectivity index (χ0) is 103. The second-order valence-corrected chi connectivity index (χ2v) is 33.0. The molecule has 136 heavy (non-hydrogen) atoms. The molecule has 0 saturated carbocycles. The van der Waals surface area contributed by atoms with Gasteiger partial charge in [0.05, 0.1) is 0 Å². The lowest BCUT2D eigenvalue weighted by Crippen LogP contribution is -2.70. The van der Waals surface area contributed by atoms with Crippen molar-refractivity contribution >= 4 is 125 Å². The third kappa shape index (κ3) is 39.5. The van der Waals surface area contributed by atoms with E-state index >= 15 is 0 Å². The van der Waals surface area contributed by atoms with Crippen LogP contribution >= 0.6 is 0 Å². The molecule has 4 N–H and O–H groups in total. The SMILES string of the molecule is CCCC(NC(=O)OC(C)(C)C)C(=O)NC1OC(COC(C)=O)C(OC2OC(COC(C)=O)C(OC(C)=O)C(OC(C)=O)C2OC(C)=O)C(OC(C)=O)C1OC(C)=O.CCCC(NC(=O)OC(C)(C)C)C(=O)NC1OC(COC(C)=O)C(OC2OC(COC(C)=O)C(OC3OC(COC(C)=O)C(OC(C)=O)C(OC(C)=O)C3OC(C)=O)C(OC(C)=O)C2OC(C)=O)C(OC(C)=O)C1OC(C)=O. The molecule has 0 aromatic heterocycles. The van der Waals surface area contributed by atoms with Gasteiger partial charge in [-0.1, -0.05) is 26.7 Å². The topological polar surface area (TPSA) is 656 Å². The van der Waals surface area contributed by atoms with Gasteiger partial charge in [0.15, 0.2) is 105 Å². The summed E-state index contributed by atoms with van der Waals surface area (Å²) in [5.74, 6) is -18.0. The summed E-state index contributed by atoms with van der Waals surface area (Å²) in [6, 6.07) is -2.51. The van der Waals surface area contributed by atoms with Gasteiger partial charge in [-0.2, -0.15) is 0 Å². The van der Waals surface area contributed by atoms with E-state index in [-0.39, 0.29) is 12.8 Å². The van der Waals surface area contributed by atoms with Crippen molar-refractivity contribution in [1.82, 2.24) is 21.3 Å². The smallest absolute Gasteiger partial charge is 0.408 e. The number of esters is 17. The summed E-state index contributed by atoms with van der Waals surface area (Å²) < 4.78 is 154. The molecule has 5 heterocycles. The van der Waals surface area contributed by atoms with E-state index in [1.165, 1.54) is 0 Å². The monoisotopic (exact) mass is 1960 g/mol. The summed E-state index contributed by atoms with van der Waals surface area (Å²) in [6.07, 6.45) is -45.7. The van der Waals surface area contributed by atoms with Crippen molar-refractivity contribution in [3.63, 3.8) is 0 Å². The molecule has 5 rings (SSSR count). The van der Waals surface area contributed by atoms with Crippen molar-refractivity contribution in [2.24, 2.45) is 0 Å². The predicted octanol–water partition coefficient (Wildman–Crippen LogP) is 0.368. The third-order valence-corrected chi connectivity index (χ3v) is 18.5. The molecule has 0 spiro atoms. The van der Waals surface area contributed by atoms with Crippen LogP contribution in [0.5, 0.6) is 0 Å². The fourth-order valence-corrected chi connectivity index (χ4v) is 14.0. The highest BCUT2D eigenvalue weighted by molar-refractivity contribution is 5.87. The Morgan fingerprint density at radius 3 is 0.632 bits per heavy atom. The lowest BCUT2D eigenvalue weighted by Gasteiger charge is -2.50. The molecule has 0 bridgehead atoms. The Morgan fingerprint density at radius 2 is 0.426 bits per heavy atom. The van der Waals surface area contributed by atoms with E-state index in [9.17, 15) is 101 Å². The van der Waals surface area contributed by atoms with Crippen LogP contribution in [0, 0.1) is 0 Å². The summed E-state index contributed by atoms with van der Waals surface area (Å²) in [5, 5.41) is 10.0. The molecule has 5 fully saturated rings. The van der Waals surface area contributed by atoms with Crippen LogP contribution in [0.4, 0.5) is 9.59 Å². The predicted molar refractivity (Wildman–Crippen MR) is 440 cm³/mol. The fourth-order valence-electron chi connectivity index (χ4n) is 14.0. The molecule has 27 atom stereocenters. The first kappa shape index (κ1) is 116. The largest absolute Gasteiger partial charge is 0.463 e. The van der Waals surface area contributed by atoms with Crippen molar-refractivity contribution in [2.75, 3.05) is 33.0 Å². The first-order chi connectivity index (χ1) is 63.2. The zero-order valence-corrected chi connectivity index (χ0v) is 80.0. The summed E-state index contributed by atoms with van der Waals surface area (Å²) in [7, 11) is 0. The van der Waals surface area contributed by atoms with Gasteiger partial charge in [-0.25, -0.2) is 9.59 Å². The molecule has 0 aromatic carbocycles. The molecular formula is C84H124N4O48. The number of ether oxygens (including phenoxy) is 27. The normalized spacial score (nSPS) is 28.3. The molecule has 768 valence electrons. The molecule has 4 amide bonds. The van der Waals surface area contributed by atoms with Gasteiger partial charge in [0.1, 0.15) is 105 Å². The van der Waals surface area contributed by atoms with Crippen molar-refractivity contribution in [3.8, 4) is 0 Å². The summed E-state index contributed by atoms with van der Waals surface area (Å²) in [5.41, 5.74) is -1.87. The molecule has 0 aliphatic carbocycles. The van der Waals surface area contributed by atoms with Crippen LogP contribution in [-0.2, 0) is 219 Å². The van der Waals surface area contributed by atoms with Crippen LogP contribution in [0.25, 0.3) is 0 Å². The quantitative estimate of drug-likeness (QED) is 0.0479. The molecule has 52 nitrogen and oxygen atoms in total. The summed E-state index contributed by atoms with van der Waals surface area (Å²) >= 11 is 0. The number of hydrogen-bond acceptors (Lipinski definition) is 48. The first-order valence-corrected chi connectivity index (χ1v) is 42.8. The maximum atomic E-state index is 14.0. The molecule has 0 radical (unpaired) electrons. The molecule has 0 aromatic rings.